The molecule has 4 heterocycles. The van der Waals surface area contributed by atoms with Crippen LogP contribution in [0.25, 0.3) is 5.57 Å². The summed E-state index contributed by atoms with van der Waals surface area (Å²) in [5.74, 6) is -3.01. The van der Waals surface area contributed by atoms with Crippen molar-refractivity contribution in [2.24, 2.45) is 5.92 Å². The van der Waals surface area contributed by atoms with Crippen molar-refractivity contribution in [2.75, 3.05) is 19.8 Å². The van der Waals surface area contributed by atoms with Gasteiger partial charge in [0.25, 0.3) is 5.91 Å². The fourth-order valence-corrected chi connectivity index (χ4v) is 8.02. The number of aliphatic hydroxyl groups excluding tert-OH is 11. The van der Waals surface area contributed by atoms with Crippen LogP contribution in [0.2, 0.25) is 0 Å². The van der Waals surface area contributed by atoms with Crippen LogP contribution in [-0.4, -0.2) is 216 Å². The zero-order valence-corrected chi connectivity index (χ0v) is 32.6. The predicted molar refractivity (Wildman–Crippen MR) is 196 cm³/mol. The van der Waals surface area contributed by atoms with Crippen LogP contribution in [0, 0.1) is 5.92 Å². The number of hydrogen-bond acceptors (Lipinski definition) is 20. The summed E-state index contributed by atoms with van der Waals surface area (Å²) in [7, 11) is 0. The Balaban J connectivity index is 1.10. The Morgan fingerprint density at radius 1 is 0.700 bits per heavy atom. The minimum atomic E-state index is -2.05. The number of benzene rings is 1. The van der Waals surface area contributed by atoms with Crippen molar-refractivity contribution in [3.8, 4) is 0 Å². The quantitative estimate of drug-likeness (QED) is 0.0828. The maximum absolute atomic E-state index is 13.2. The Bertz CT molecular complexity index is 1650. The molecule has 6 rings (SSSR count). The summed E-state index contributed by atoms with van der Waals surface area (Å²) in [6.07, 6.45) is -33.1. The SMILES string of the molecule is CC(C)C1OC(COC2OC(CO)C(O)C(OC3OC(C(=O)NCCC4=CCc5ccccc54)C(O)C(O)C3O)C2O)C(O)C(OC2OC(C(=O)O)C(O)C(O)C2O)C1O. The van der Waals surface area contributed by atoms with E-state index >= 15 is 0 Å². The number of rotatable bonds is 14. The number of carboxylic acid groups (broad SMARTS) is 1. The van der Waals surface area contributed by atoms with Crippen molar-refractivity contribution in [1.82, 2.24) is 5.32 Å². The van der Waals surface area contributed by atoms with E-state index in [4.69, 9.17) is 33.2 Å². The van der Waals surface area contributed by atoms with E-state index in [-0.39, 0.29) is 6.54 Å². The summed E-state index contributed by atoms with van der Waals surface area (Å²) in [5, 5.41) is 130. The van der Waals surface area contributed by atoms with Crippen LogP contribution in [0.15, 0.2) is 30.3 Å². The molecular weight excluding hydrogens is 806 g/mol. The number of amides is 1. The normalized spacial score (nSPS) is 43.3. The summed E-state index contributed by atoms with van der Waals surface area (Å²) < 4.78 is 39.3. The largest absolute Gasteiger partial charge is 0.479 e. The monoisotopic (exact) mass is 861 g/mol. The number of carboxylic acids is 1. The summed E-state index contributed by atoms with van der Waals surface area (Å²) in [6.45, 7) is 1.90. The lowest BCUT2D eigenvalue weighted by Crippen LogP contribution is -2.66. The molecule has 60 heavy (non-hydrogen) atoms. The maximum atomic E-state index is 13.2. The van der Waals surface area contributed by atoms with Crippen LogP contribution in [-0.2, 0) is 49.2 Å². The highest BCUT2D eigenvalue weighted by Gasteiger charge is 2.55. The van der Waals surface area contributed by atoms with E-state index in [0.717, 1.165) is 23.1 Å². The molecule has 4 fully saturated rings. The van der Waals surface area contributed by atoms with Gasteiger partial charge in [-0.3, -0.25) is 4.79 Å². The summed E-state index contributed by atoms with van der Waals surface area (Å²) >= 11 is 0. The first kappa shape index (κ1) is 46.7. The molecule has 0 saturated carbocycles. The summed E-state index contributed by atoms with van der Waals surface area (Å²) in [4.78, 5) is 24.8. The van der Waals surface area contributed by atoms with Crippen molar-refractivity contribution in [1.29, 1.82) is 0 Å². The number of fused-ring (bicyclic) bond motifs is 1. The van der Waals surface area contributed by atoms with Gasteiger partial charge in [-0.2, -0.15) is 0 Å². The van der Waals surface area contributed by atoms with E-state index in [1.807, 2.05) is 30.3 Å². The predicted octanol–water partition coefficient (Wildman–Crippen LogP) is -5.80. The molecule has 13 N–H and O–H groups in total. The number of nitrogens with one attached hydrogen (secondary N) is 1. The molecule has 20 unspecified atom stereocenters. The summed E-state index contributed by atoms with van der Waals surface area (Å²) in [6, 6.07) is 7.79. The lowest BCUT2D eigenvalue weighted by atomic mass is 9.89. The van der Waals surface area contributed by atoms with Gasteiger partial charge in [-0.15, -0.1) is 0 Å². The first-order valence-electron chi connectivity index (χ1n) is 19.7. The van der Waals surface area contributed by atoms with Crippen molar-refractivity contribution in [3.63, 3.8) is 0 Å². The summed E-state index contributed by atoms with van der Waals surface area (Å²) in [5.41, 5.74) is 3.20. The minimum absolute atomic E-state index is 0.127. The van der Waals surface area contributed by atoms with Crippen molar-refractivity contribution in [2.45, 2.75) is 149 Å². The highest BCUT2D eigenvalue weighted by atomic mass is 16.7. The van der Waals surface area contributed by atoms with Crippen LogP contribution < -0.4 is 5.32 Å². The number of aliphatic carboxylic acids is 1. The van der Waals surface area contributed by atoms with Crippen molar-refractivity contribution >= 4 is 17.4 Å². The average molecular weight is 862 g/mol. The molecule has 1 aromatic carbocycles. The van der Waals surface area contributed by atoms with Gasteiger partial charge in [-0.05, 0) is 35.5 Å². The van der Waals surface area contributed by atoms with Gasteiger partial charge < -0.3 is 99.8 Å². The standard InChI is InChI=1S/C38H55NO21/c1-13(2)29-27(49)30(57-38-26(48)22(44)24(46)33(60-38)35(52)53)20(42)18(55-29)12-54-36-28(50)31(19(41)17(11-40)56-36)58-37-25(47)21(43)23(45)32(59-37)34(51)39-10-9-15-8-7-14-5-3-4-6-16(14)15/h3-6,8,13,17-33,36-38,40-50H,7,9-12H2,1-2H3,(H,39,51)(H,52,53). The van der Waals surface area contributed by atoms with E-state index in [1.165, 1.54) is 0 Å². The lowest BCUT2D eigenvalue weighted by Gasteiger charge is -2.48. The van der Waals surface area contributed by atoms with Crippen molar-refractivity contribution in [3.05, 3.63) is 41.5 Å². The Morgan fingerprint density at radius 2 is 1.28 bits per heavy atom. The van der Waals surface area contributed by atoms with E-state index in [0.29, 0.717) is 6.42 Å². The zero-order chi connectivity index (χ0) is 43.7. The number of allylic oxidation sites excluding steroid dienone is 1. The van der Waals surface area contributed by atoms with Crippen LogP contribution >= 0.6 is 0 Å². The third-order valence-corrected chi connectivity index (χ3v) is 11.5. The third kappa shape index (κ3) is 9.56. The Kier molecular flexibility index (Phi) is 15.3. The van der Waals surface area contributed by atoms with Crippen LogP contribution in [0.4, 0.5) is 0 Å². The fourth-order valence-electron chi connectivity index (χ4n) is 8.02. The van der Waals surface area contributed by atoms with Gasteiger partial charge in [0.15, 0.2) is 31.1 Å². The van der Waals surface area contributed by atoms with E-state index in [2.05, 4.69) is 5.32 Å². The first-order valence-corrected chi connectivity index (χ1v) is 19.7. The van der Waals surface area contributed by atoms with Gasteiger partial charge in [0.1, 0.15) is 85.5 Å². The first-order chi connectivity index (χ1) is 28.4. The molecule has 5 aliphatic rings. The molecule has 20 atom stereocenters. The topological polar surface area (TPSA) is 354 Å². The maximum Gasteiger partial charge on any atom is 0.335 e. The number of hydrogen-bond donors (Lipinski definition) is 13. The second kappa shape index (κ2) is 19.7. The molecular formula is C38H55NO21. The highest BCUT2D eigenvalue weighted by Crippen LogP contribution is 2.34. The second-order valence-electron chi connectivity index (χ2n) is 15.9. The number of aliphatic hydroxyl groups is 11. The molecule has 1 aromatic rings. The molecule has 1 aliphatic carbocycles. The third-order valence-electron chi connectivity index (χ3n) is 11.5. The molecule has 338 valence electrons. The Labute approximate surface area is 343 Å². The fraction of sp³-hybridized carbons (Fsp3) is 0.737. The van der Waals surface area contributed by atoms with Gasteiger partial charge in [0, 0.05) is 6.54 Å². The van der Waals surface area contributed by atoms with E-state index in [1.54, 1.807) is 13.8 Å². The zero-order valence-electron chi connectivity index (χ0n) is 32.6. The Hall–Kier alpha value is -2.82. The Morgan fingerprint density at radius 3 is 1.90 bits per heavy atom. The number of carbonyl (C=O) groups excluding carboxylic acids is 1. The van der Waals surface area contributed by atoms with Gasteiger partial charge in [0.05, 0.1) is 19.3 Å². The number of ether oxygens (including phenoxy) is 7. The van der Waals surface area contributed by atoms with Crippen LogP contribution in [0.5, 0.6) is 0 Å². The molecule has 22 nitrogen and oxygen atoms in total. The van der Waals surface area contributed by atoms with E-state index < -0.39 is 154 Å². The van der Waals surface area contributed by atoms with Gasteiger partial charge >= 0.3 is 5.97 Å². The van der Waals surface area contributed by atoms with Crippen molar-refractivity contribution < 1.29 is 104 Å². The molecule has 0 aromatic heterocycles. The smallest absolute Gasteiger partial charge is 0.335 e. The molecule has 0 radical (unpaired) electrons. The molecule has 0 bridgehead atoms. The van der Waals surface area contributed by atoms with Gasteiger partial charge in [-0.25, -0.2) is 4.79 Å². The molecule has 1 amide bonds. The average Bonchev–Trinajstić information content (AvgIpc) is 3.63. The second-order valence-corrected chi connectivity index (χ2v) is 15.9. The number of carbonyl (C=O) groups is 2. The van der Waals surface area contributed by atoms with Gasteiger partial charge in [-0.1, -0.05) is 44.2 Å². The minimum Gasteiger partial charge on any atom is -0.479 e. The lowest BCUT2D eigenvalue weighted by molar-refractivity contribution is -0.362. The molecule has 0 spiro atoms. The van der Waals surface area contributed by atoms with Gasteiger partial charge in [0.2, 0.25) is 0 Å². The molecule has 4 saturated heterocycles. The molecule has 4 aliphatic heterocycles. The molecule has 22 heteroatoms. The van der Waals surface area contributed by atoms with E-state index in [9.17, 15) is 70.9 Å². The van der Waals surface area contributed by atoms with Crippen LogP contribution in [0.1, 0.15) is 31.4 Å². The highest BCUT2D eigenvalue weighted by molar-refractivity contribution is 5.82. The van der Waals surface area contributed by atoms with Crippen LogP contribution in [0.3, 0.4) is 0 Å².